The predicted octanol–water partition coefficient (Wildman–Crippen LogP) is 4.68. The van der Waals surface area contributed by atoms with Crippen LogP contribution in [0.1, 0.15) is 35.5 Å². The first-order valence-corrected chi connectivity index (χ1v) is 9.74. The van der Waals surface area contributed by atoms with Crippen LogP contribution in [0.15, 0.2) is 47.8 Å². The van der Waals surface area contributed by atoms with Crippen LogP contribution in [-0.2, 0) is 17.6 Å². The molecule has 0 radical (unpaired) electrons. The van der Waals surface area contributed by atoms with Crippen LogP contribution in [0.25, 0.3) is 10.8 Å². The molecule has 0 aliphatic heterocycles. The van der Waals surface area contributed by atoms with Crippen LogP contribution in [-0.4, -0.2) is 17.4 Å². The molecule has 2 aromatic carbocycles. The Hall–Kier alpha value is -2.20. The topological polar surface area (TPSA) is 42.0 Å². The Kier molecular flexibility index (Phi) is 6.18. The number of rotatable bonds is 8. The van der Waals surface area contributed by atoms with Crippen molar-refractivity contribution >= 4 is 28.0 Å². The fourth-order valence-electron chi connectivity index (χ4n) is 2.89. The van der Waals surface area contributed by atoms with Gasteiger partial charge < -0.3 is 5.32 Å². The molecule has 3 nitrogen and oxygen atoms in total. The van der Waals surface area contributed by atoms with Crippen molar-refractivity contribution in [2.24, 2.45) is 0 Å². The van der Waals surface area contributed by atoms with Crippen molar-refractivity contribution in [3.05, 3.63) is 64.1 Å². The number of fused-ring (bicyclic) bond motifs is 1. The summed E-state index contributed by atoms with van der Waals surface area (Å²) in [4.78, 5) is 16.5. The van der Waals surface area contributed by atoms with E-state index >= 15 is 0 Å². The average molecular weight is 353 g/mol. The van der Waals surface area contributed by atoms with Crippen molar-refractivity contribution in [3.8, 4) is 0 Å². The Labute approximate surface area is 153 Å². The van der Waals surface area contributed by atoms with E-state index in [1.807, 2.05) is 19.1 Å². The monoisotopic (exact) mass is 352 g/mol. The molecule has 0 saturated heterocycles. The molecule has 130 valence electrons. The second-order valence-electron chi connectivity index (χ2n) is 6.37. The van der Waals surface area contributed by atoms with E-state index in [4.69, 9.17) is 0 Å². The standard InChI is InChI=1S/C21H24N2OS/c1-16-15-25-21(23-16)8-4-5-13-22-20(24)12-10-17-9-11-18-6-2-3-7-19(18)14-17/h2-3,6-7,9,11,14-15H,4-5,8,10,12-13H2,1H3,(H,22,24). The lowest BCUT2D eigenvalue weighted by atomic mass is 10.0. The number of nitrogens with zero attached hydrogens (tertiary/aromatic N) is 1. The molecule has 0 aliphatic rings. The van der Waals surface area contributed by atoms with Crippen LogP contribution in [0.3, 0.4) is 0 Å². The summed E-state index contributed by atoms with van der Waals surface area (Å²) in [5, 5.41) is 8.78. The minimum absolute atomic E-state index is 0.137. The molecule has 0 aliphatic carbocycles. The number of unbranched alkanes of at least 4 members (excludes halogenated alkanes) is 1. The van der Waals surface area contributed by atoms with Gasteiger partial charge in [-0.25, -0.2) is 4.98 Å². The zero-order valence-corrected chi connectivity index (χ0v) is 15.4. The van der Waals surface area contributed by atoms with E-state index < -0.39 is 0 Å². The molecular weight excluding hydrogens is 328 g/mol. The summed E-state index contributed by atoms with van der Waals surface area (Å²) >= 11 is 1.72. The Bertz CT molecular complexity index is 841. The van der Waals surface area contributed by atoms with Crippen LogP contribution in [0.2, 0.25) is 0 Å². The van der Waals surface area contributed by atoms with Gasteiger partial charge in [0.05, 0.1) is 5.01 Å². The van der Waals surface area contributed by atoms with Gasteiger partial charge in [-0.05, 0) is 48.9 Å². The Morgan fingerprint density at radius 1 is 1.08 bits per heavy atom. The molecular formula is C21H24N2OS. The number of aryl methyl sites for hydroxylation is 3. The van der Waals surface area contributed by atoms with Gasteiger partial charge in [-0.1, -0.05) is 42.5 Å². The number of hydrogen-bond donors (Lipinski definition) is 1. The van der Waals surface area contributed by atoms with E-state index in [2.05, 4.69) is 46.0 Å². The molecule has 0 bridgehead atoms. The van der Waals surface area contributed by atoms with Gasteiger partial charge in [0.15, 0.2) is 0 Å². The molecule has 0 spiro atoms. The first-order chi connectivity index (χ1) is 12.2. The van der Waals surface area contributed by atoms with Crippen molar-refractivity contribution in [2.75, 3.05) is 6.54 Å². The molecule has 1 heterocycles. The van der Waals surface area contributed by atoms with Gasteiger partial charge >= 0.3 is 0 Å². The van der Waals surface area contributed by atoms with E-state index in [0.717, 1.165) is 37.9 Å². The quantitative estimate of drug-likeness (QED) is 0.598. The zero-order chi connectivity index (χ0) is 17.5. The van der Waals surface area contributed by atoms with E-state index in [-0.39, 0.29) is 5.91 Å². The smallest absolute Gasteiger partial charge is 0.220 e. The first kappa shape index (κ1) is 17.6. The maximum atomic E-state index is 12.0. The highest BCUT2D eigenvalue weighted by Gasteiger charge is 2.03. The second kappa shape index (κ2) is 8.77. The number of thiazole rings is 1. The zero-order valence-electron chi connectivity index (χ0n) is 14.6. The molecule has 4 heteroatoms. The summed E-state index contributed by atoms with van der Waals surface area (Å²) < 4.78 is 0. The molecule has 0 atom stereocenters. The fraction of sp³-hybridized carbons (Fsp3) is 0.333. The van der Waals surface area contributed by atoms with Crippen molar-refractivity contribution in [2.45, 2.75) is 39.0 Å². The molecule has 0 unspecified atom stereocenters. The minimum Gasteiger partial charge on any atom is -0.356 e. The first-order valence-electron chi connectivity index (χ1n) is 8.86. The van der Waals surface area contributed by atoms with Gasteiger partial charge in [0.25, 0.3) is 0 Å². The lowest BCUT2D eigenvalue weighted by Crippen LogP contribution is -2.24. The fourth-order valence-corrected chi connectivity index (χ4v) is 3.71. The minimum atomic E-state index is 0.137. The van der Waals surface area contributed by atoms with Crippen molar-refractivity contribution in [3.63, 3.8) is 0 Å². The van der Waals surface area contributed by atoms with Crippen LogP contribution in [0.4, 0.5) is 0 Å². The molecule has 1 amide bonds. The number of carbonyl (C=O) groups is 1. The number of benzene rings is 2. The molecule has 0 saturated carbocycles. The summed E-state index contributed by atoms with van der Waals surface area (Å²) in [7, 11) is 0. The van der Waals surface area contributed by atoms with E-state index in [1.54, 1.807) is 11.3 Å². The maximum Gasteiger partial charge on any atom is 0.220 e. The lowest BCUT2D eigenvalue weighted by molar-refractivity contribution is -0.121. The van der Waals surface area contributed by atoms with Crippen LogP contribution >= 0.6 is 11.3 Å². The molecule has 3 aromatic rings. The highest BCUT2D eigenvalue weighted by Crippen LogP contribution is 2.16. The third-order valence-corrected chi connectivity index (χ3v) is 5.29. The summed E-state index contributed by atoms with van der Waals surface area (Å²) in [6.45, 7) is 2.77. The molecule has 3 rings (SSSR count). The van der Waals surface area contributed by atoms with Gasteiger partial charge in [-0.3, -0.25) is 4.79 Å². The lowest BCUT2D eigenvalue weighted by Gasteiger charge is -2.06. The number of nitrogens with one attached hydrogen (secondary N) is 1. The van der Waals surface area contributed by atoms with E-state index in [9.17, 15) is 4.79 Å². The van der Waals surface area contributed by atoms with Gasteiger partial charge in [-0.2, -0.15) is 0 Å². The van der Waals surface area contributed by atoms with E-state index in [1.165, 1.54) is 21.3 Å². The summed E-state index contributed by atoms with van der Waals surface area (Å²) in [6, 6.07) is 14.7. The van der Waals surface area contributed by atoms with Crippen molar-refractivity contribution in [1.29, 1.82) is 0 Å². The summed E-state index contributed by atoms with van der Waals surface area (Å²) in [5.74, 6) is 0.137. The molecule has 1 N–H and O–H groups in total. The summed E-state index contributed by atoms with van der Waals surface area (Å²) in [5.41, 5.74) is 2.31. The van der Waals surface area contributed by atoms with Gasteiger partial charge in [0, 0.05) is 24.0 Å². The van der Waals surface area contributed by atoms with Gasteiger partial charge in [-0.15, -0.1) is 11.3 Å². The number of aromatic nitrogens is 1. The van der Waals surface area contributed by atoms with Crippen molar-refractivity contribution < 1.29 is 4.79 Å². The highest BCUT2D eigenvalue weighted by molar-refractivity contribution is 7.09. The molecule has 0 fully saturated rings. The van der Waals surface area contributed by atoms with E-state index in [0.29, 0.717) is 6.42 Å². The van der Waals surface area contributed by atoms with Crippen LogP contribution < -0.4 is 5.32 Å². The molecule has 25 heavy (non-hydrogen) atoms. The Morgan fingerprint density at radius 3 is 2.72 bits per heavy atom. The SMILES string of the molecule is Cc1csc(CCCCNC(=O)CCc2ccc3ccccc3c2)n1. The number of hydrogen-bond acceptors (Lipinski definition) is 3. The normalized spacial score (nSPS) is 10.9. The Balaban J connectivity index is 1.34. The maximum absolute atomic E-state index is 12.0. The van der Waals surface area contributed by atoms with Gasteiger partial charge in [0.2, 0.25) is 5.91 Å². The van der Waals surface area contributed by atoms with Crippen LogP contribution in [0, 0.1) is 6.92 Å². The number of amides is 1. The predicted molar refractivity (Wildman–Crippen MR) is 105 cm³/mol. The Morgan fingerprint density at radius 2 is 1.92 bits per heavy atom. The highest BCUT2D eigenvalue weighted by atomic mass is 32.1. The molecule has 1 aromatic heterocycles. The van der Waals surface area contributed by atoms with Crippen LogP contribution in [0.5, 0.6) is 0 Å². The second-order valence-corrected chi connectivity index (χ2v) is 7.31. The van der Waals surface area contributed by atoms with Gasteiger partial charge in [0.1, 0.15) is 0 Å². The third kappa shape index (κ3) is 5.40. The third-order valence-electron chi connectivity index (χ3n) is 4.26. The largest absolute Gasteiger partial charge is 0.356 e. The average Bonchev–Trinajstić information content (AvgIpc) is 3.04. The summed E-state index contributed by atoms with van der Waals surface area (Å²) in [6.07, 6.45) is 4.41. The number of carbonyl (C=O) groups excluding carboxylic acids is 1. The van der Waals surface area contributed by atoms with Crippen molar-refractivity contribution in [1.82, 2.24) is 10.3 Å².